The Morgan fingerprint density at radius 2 is 2.32 bits per heavy atom. The Hall–Kier alpha value is -2.64. The average molecular weight is 266 g/mol. The molecule has 2 aromatic heterocycles. The van der Waals surface area contributed by atoms with Gasteiger partial charge in [0.15, 0.2) is 17.5 Å². The average Bonchev–Trinajstić information content (AvgIpc) is 2.71. The van der Waals surface area contributed by atoms with Gasteiger partial charge in [-0.25, -0.2) is 18.9 Å². The molecule has 0 aliphatic carbocycles. The van der Waals surface area contributed by atoms with Crippen molar-refractivity contribution in [2.75, 3.05) is 12.4 Å². The van der Waals surface area contributed by atoms with E-state index in [1.165, 1.54) is 24.1 Å². The smallest absolute Gasteiger partial charge is 0.338 e. The number of ether oxygens (including phenoxy) is 1. The fraction of sp³-hybridized carbons (Fsp3) is 0.182. The van der Waals surface area contributed by atoms with E-state index >= 15 is 0 Å². The maximum Gasteiger partial charge on any atom is 0.338 e. The zero-order chi connectivity index (χ0) is 14.0. The number of aromatic nitrogens is 3. The number of rotatable bonds is 4. The molecule has 0 saturated carbocycles. The number of nitrogens with one attached hydrogen (secondary N) is 1. The van der Waals surface area contributed by atoms with Gasteiger partial charge in [0.05, 0.1) is 7.11 Å². The first-order chi connectivity index (χ1) is 9.02. The minimum atomic E-state index is -1.36. The highest BCUT2D eigenvalue weighted by Crippen LogP contribution is 2.22. The van der Waals surface area contributed by atoms with Crippen molar-refractivity contribution in [2.24, 2.45) is 7.05 Å². The van der Waals surface area contributed by atoms with Crippen LogP contribution in [0, 0.1) is 5.82 Å². The van der Waals surface area contributed by atoms with Crippen molar-refractivity contribution in [2.45, 2.75) is 0 Å². The highest BCUT2D eigenvalue weighted by Gasteiger charge is 2.16. The van der Waals surface area contributed by atoms with Gasteiger partial charge in [-0.2, -0.15) is 5.10 Å². The zero-order valence-corrected chi connectivity index (χ0v) is 10.2. The first-order valence-corrected chi connectivity index (χ1v) is 5.25. The molecular formula is C11H11FN4O3. The summed E-state index contributed by atoms with van der Waals surface area (Å²) in [4.78, 5) is 14.5. The van der Waals surface area contributed by atoms with Crippen molar-refractivity contribution in [3.05, 3.63) is 29.7 Å². The topological polar surface area (TPSA) is 89.3 Å². The summed E-state index contributed by atoms with van der Waals surface area (Å²) in [6.07, 6.45) is 1.20. The van der Waals surface area contributed by atoms with Crippen LogP contribution in [0.15, 0.2) is 18.3 Å². The van der Waals surface area contributed by atoms with Gasteiger partial charge in [-0.15, -0.1) is 0 Å². The first kappa shape index (κ1) is 12.8. The van der Waals surface area contributed by atoms with Crippen LogP contribution in [0.5, 0.6) is 5.88 Å². The molecular weight excluding hydrogens is 255 g/mol. The Labute approximate surface area is 107 Å². The van der Waals surface area contributed by atoms with Gasteiger partial charge >= 0.3 is 5.97 Å². The van der Waals surface area contributed by atoms with E-state index in [1.54, 1.807) is 7.05 Å². The summed E-state index contributed by atoms with van der Waals surface area (Å²) in [5.74, 6) is -1.74. The summed E-state index contributed by atoms with van der Waals surface area (Å²) in [6, 6.07) is 2.62. The predicted molar refractivity (Wildman–Crippen MR) is 64.2 cm³/mol. The van der Waals surface area contributed by atoms with Gasteiger partial charge in [0, 0.05) is 19.3 Å². The Bertz CT molecular complexity index is 626. The summed E-state index contributed by atoms with van der Waals surface area (Å²) >= 11 is 0. The third-order valence-electron chi connectivity index (χ3n) is 2.41. The third kappa shape index (κ3) is 2.46. The lowest BCUT2D eigenvalue weighted by Crippen LogP contribution is -2.06. The molecule has 8 heteroatoms. The van der Waals surface area contributed by atoms with Crippen molar-refractivity contribution in [1.29, 1.82) is 0 Å². The molecule has 0 saturated heterocycles. The van der Waals surface area contributed by atoms with E-state index in [0.29, 0.717) is 11.7 Å². The number of hydrogen-bond acceptors (Lipinski definition) is 5. The first-order valence-electron chi connectivity index (χ1n) is 5.25. The molecule has 0 bridgehead atoms. The fourth-order valence-electron chi connectivity index (χ4n) is 1.52. The molecule has 2 N–H and O–H groups in total. The largest absolute Gasteiger partial charge is 0.481 e. The number of halogens is 1. The van der Waals surface area contributed by atoms with Gasteiger partial charge in [0.1, 0.15) is 5.56 Å². The Morgan fingerprint density at radius 3 is 2.89 bits per heavy atom. The number of pyridine rings is 1. The van der Waals surface area contributed by atoms with Crippen molar-refractivity contribution >= 4 is 17.6 Å². The number of aromatic carboxylic acids is 1. The standard InChI is InChI=1S/C11H11FN4O3/c1-16-8(19-2)5-7(15-16)14-10-9(12)6(11(17)18)3-4-13-10/h3-5H,1-2H3,(H,17,18)(H,13,14,15). The molecule has 0 aromatic carbocycles. The number of carboxylic acid groups (broad SMARTS) is 1. The number of anilines is 2. The van der Waals surface area contributed by atoms with Gasteiger partial charge in [0.25, 0.3) is 0 Å². The lowest BCUT2D eigenvalue weighted by molar-refractivity contribution is 0.0692. The van der Waals surface area contributed by atoms with Crippen molar-refractivity contribution in [3.8, 4) is 5.88 Å². The maximum absolute atomic E-state index is 13.8. The van der Waals surface area contributed by atoms with E-state index in [4.69, 9.17) is 9.84 Å². The van der Waals surface area contributed by atoms with Crippen LogP contribution < -0.4 is 10.1 Å². The molecule has 0 radical (unpaired) electrons. The highest BCUT2D eigenvalue weighted by molar-refractivity contribution is 5.89. The van der Waals surface area contributed by atoms with E-state index in [1.807, 2.05) is 0 Å². The van der Waals surface area contributed by atoms with Crippen LogP contribution in [-0.2, 0) is 7.05 Å². The molecule has 0 unspecified atom stereocenters. The SMILES string of the molecule is COc1cc(Nc2nccc(C(=O)O)c2F)nn1C. The predicted octanol–water partition coefficient (Wildman–Crippen LogP) is 1.40. The molecule has 100 valence electrons. The van der Waals surface area contributed by atoms with Crippen LogP contribution in [-0.4, -0.2) is 33.0 Å². The molecule has 7 nitrogen and oxygen atoms in total. The monoisotopic (exact) mass is 266 g/mol. The molecule has 2 aromatic rings. The van der Waals surface area contributed by atoms with Gasteiger partial charge in [-0.05, 0) is 6.07 Å². The molecule has 2 heterocycles. The maximum atomic E-state index is 13.8. The van der Waals surface area contributed by atoms with Crippen molar-refractivity contribution < 1.29 is 19.0 Å². The summed E-state index contributed by atoms with van der Waals surface area (Å²) in [5, 5.41) is 15.4. The van der Waals surface area contributed by atoms with E-state index in [9.17, 15) is 9.18 Å². The van der Waals surface area contributed by atoms with Crippen LogP contribution >= 0.6 is 0 Å². The van der Waals surface area contributed by atoms with Crippen LogP contribution in [0.25, 0.3) is 0 Å². The molecule has 0 fully saturated rings. The normalized spacial score (nSPS) is 10.3. The van der Waals surface area contributed by atoms with Gasteiger partial charge < -0.3 is 15.2 Å². The van der Waals surface area contributed by atoms with Gasteiger partial charge in [-0.1, -0.05) is 0 Å². The Morgan fingerprint density at radius 1 is 1.58 bits per heavy atom. The number of carbonyl (C=O) groups is 1. The number of methoxy groups -OCH3 is 1. The van der Waals surface area contributed by atoms with E-state index in [0.717, 1.165) is 6.07 Å². The van der Waals surface area contributed by atoms with Crippen molar-refractivity contribution in [1.82, 2.24) is 14.8 Å². The highest BCUT2D eigenvalue weighted by atomic mass is 19.1. The summed E-state index contributed by atoms with van der Waals surface area (Å²) in [7, 11) is 3.13. The summed E-state index contributed by atoms with van der Waals surface area (Å²) in [6.45, 7) is 0. The molecule has 0 spiro atoms. The molecule has 2 rings (SSSR count). The lowest BCUT2D eigenvalue weighted by Gasteiger charge is -2.04. The van der Waals surface area contributed by atoms with Crippen LogP contribution in [0.2, 0.25) is 0 Å². The number of carboxylic acids is 1. The van der Waals surface area contributed by atoms with Crippen LogP contribution in [0.3, 0.4) is 0 Å². The molecule has 0 amide bonds. The van der Waals surface area contributed by atoms with Crippen molar-refractivity contribution in [3.63, 3.8) is 0 Å². The lowest BCUT2D eigenvalue weighted by atomic mass is 10.2. The van der Waals surface area contributed by atoms with Crippen LogP contribution in [0.4, 0.5) is 16.0 Å². The minimum Gasteiger partial charge on any atom is -0.481 e. The third-order valence-corrected chi connectivity index (χ3v) is 2.41. The molecule has 0 aliphatic rings. The molecule has 0 atom stereocenters. The second kappa shape index (κ2) is 4.92. The van der Waals surface area contributed by atoms with E-state index in [2.05, 4.69) is 15.4 Å². The quantitative estimate of drug-likeness (QED) is 0.869. The second-order valence-electron chi connectivity index (χ2n) is 3.65. The zero-order valence-electron chi connectivity index (χ0n) is 10.2. The van der Waals surface area contributed by atoms with Gasteiger partial charge in [-0.3, -0.25) is 0 Å². The second-order valence-corrected chi connectivity index (χ2v) is 3.65. The minimum absolute atomic E-state index is 0.208. The van der Waals surface area contributed by atoms with Gasteiger partial charge in [0.2, 0.25) is 5.88 Å². The Kier molecular flexibility index (Phi) is 3.32. The van der Waals surface area contributed by atoms with E-state index in [-0.39, 0.29) is 5.82 Å². The number of nitrogens with zero attached hydrogens (tertiary/aromatic N) is 3. The fourth-order valence-corrected chi connectivity index (χ4v) is 1.52. The molecule has 19 heavy (non-hydrogen) atoms. The van der Waals surface area contributed by atoms with Crippen LogP contribution in [0.1, 0.15) is 10.4 Å². The summed E-state index contributed by atoms with van der Waals surface area (Å²) < 4.78 is 20.3. The van der Waals surface area contributed by atoms with E-state index < -0.39 is 17.3 Å². The number of aryl methyl sites for hydroxylation is 1. The summed E-state index contributed by atoms with van der Waals surface area (Å²) in [5.41, 5.74) is -0.458. The molecule has 0 aliphatic heterocycles. The Balaban J connectivity index is 2.33. The number of hydrogen-bond donors (Lipinski definition) is 2.